The Labute approximate surface area is 96.6 Å². The second kappa shape index (κ2) is 6.10. The summed E-state index contributed by atoms with van der Waals surface area (Å²) < 4.78 is 5.60. The van der Waals surface area contributed by atoms with Crippen LogP contribution in [0.5, 0.6) is 5.88 Å². The number of nitrogens with zero attached hydrogens (tertiary/aromatic N) is 2. The average molecular weight is 221 g/mol. The third-order valence-corrected chi connectivity index (χ3v) is 2.25. The van der Waals surface area contributed by atoms with Crippen LogP contribution in [-0.4, -0.2) is 16.6 Å². The van der Waals surface area contributed by atoms with Crippen LogP contribution < -0.4 is 10.5 Å². The fourth-order valence-electron chi connectivity index (χ4n) is 1.45. The number of rotatable bonds is 6. The molecule has 0 spiro atoms. The van der Waals surface area contributed by atoms with E-state index in [9.17, 15) is 0 Å². The van der Waals surface area contributed by atoms with Crippen molar-refractivity contribution in [2.45, 2.75) is 32.6 Å². The molecule has 88 valence electrons. The number of anilines is 1. The number of aromatic nitrogens is 2. The quantitative estimate of drug-likeness (QED) is 0.592. The number of nitrogen functional groups attached to an aromatic ring is 1. The van der Waals surface area contributed by atoms with E-state index in [0.29, 0.717) is 18.3 Å². The number of allylic oxidation sites excluding steroid dienone is 1. The second-order valence-electron chi connectivity index (χ2n) is 3.91. The zero-order valence-corrected chi connectivity index (χ0v) is 9.94. The Morgan fingerprint density at radius 3 is 2.88 bits per heavy atom. The molecule has 0 radical (unpaired) electrons. The Hall–Kier alpha value is -1.58. The fraction of sp³-hybridized carbons (Fsp3) is 0.500. The van der Waals surface area contributed by atoms with E-state index in [1.807, 2.05) is 19.9 Å². The Morgan fingerprint density at radius 2 is 2.25 bits per heavy atom. The SMILES string of the molecule is C=CCCCOc1ncnc(N)c1C(C)C. The summed E-state index contributed by atoms with van der Waals surface area (Å²) in [7, 11) is 0. The van der Waals surface area contributed by atoms with Gasteiger partial charge >= 0.3 is 0 Å². The summed E-state index contributed by atoms with van der Waals surface area (Å²) in [4.78, 5) is 8.10. The highest BCUT2D eigenvalue weighted by Crippen LogP contribution is 2.27. The minimum Gasteiger partial charge on any atom is -0.477 e. The summed E-state index contributed by atoms with van der Waals surface area (Å²) in [6.45, 7) is 8.39. The molecule has 0 saturated carbocycles. The molecule has 0 amide bonds. The first-order valence-electron chi connectivity index (χ1n) is 5.50. The van der Waals surface area contributed by atoms with Crippen LogP contribution in [0.2, 0.25) is 0 Å². The normalized spacial score (nSPS) is 10.4. The molecule has 0 atom stereocenters. The molecular weight excluding hydrogens is 202 g/mol. The fourth-order valence-corrected chi connectivity index (χ4v) is 1.45. The zero-order valence-electron chi connectivity index (χ0n) is 9.94. The molecule has 2 N–H and O–H groups in total. The van der Waals surface area contributed by atoms with Crippen LogP contribution >= 0.6 is 0 Å². The maximum atomic E-state index is 5.81. The minimum absolute atomic E-state index is 0.260. The summed E-state index contributed by atoms with van der Waals surface area (Å²) in [6.07, 6.45) is 5.19. The van der Waals surface area contributed by atoms with Gasteiger partial charge in [0.2, 0.25) is 5.88 Å². The summed E-state index contributed by atoms with van der Waals surface area (Å²) >= 11 is 0. The molecule has 1 heterocycles. The molecular formula is C12H19N3O. The van der Waals surface area contributed by atoms with Crippen LogP contribution in [0.25, 0.3) is 0 Å². The van der Waals surface area contributed by atoms with E-state index < -0.39 is 0 Å². The smallest absolute Gasteiger partial charge is 0.222 e. The van der Waals surface area contributed by atoms with Gasteiger partial charge in [-0.05, 0) is 18.8 Å². The van der Waals surface area contributed by atoms with E-state index in [0.717, 1.165) is 18.4 Å². The van der Waals surface area contributed by atoms with E-state index in [-0.39, 0.29) is 5.92 Å². The lowest BCUT2D eigenvalue weighted by molar-refractivity contribution is 0.295. The first-order valence-corrected chi connectivity index (χ1v) is 5.50. The van der Waals surface area contributed by atoms with Crippen molar-refractivity contribution in [3.05, 3.63) is 24.5 Å². The van der Waals surface area contributed by atoms with Crippen LogP contribution in [0, 0.1) is 0 Å². The maximum absolute atomic E-state index is 5.81. The third kappa shape index (κ3) is 3.22. The Bertz CT molecular complexity index is 350. The van der Waals surface area contributed by atoms with E-state index in [4.69, 9.17) is 10.5 Å². The molecule has 0 unspecified atom stereocenters. The van der Waals surface area contributed by atoms with E-state index in [1.54, 1.807) is 0 Å². The lowest BCUT2D eigenvalue weighted by Crippen LogP contribution is -2.07. The van der Waals surface area contributed by atoms with Gasteiger partial charge in [-0.15, -0.1) is 6.58 Å². The van der Waals surface area contributed by atoms with Gasteiger partial charge in [-0.25, -0.2) is 9.97 Å². The third-order valence-electron chi connectivity index (χ3n) is 2.25. The lowest BCUT2D eigenvalue weighted by Gasteiger charge is -2.13. The molecule has 0 fully saturated rings. The average Bonchev–Trinajstić information content (AvgIpc) is 2.24. The van der Waals surface area contributed by atoms with Gasteiger partial charge in [-0.1, -0.05) is 19.9 Å². The van der Waals surface area contributed by atoms with Gasteiger partial charge in [0.05, 0.1) is 12.2 Å². The van der Waals surface area contributed by atoms with Gasteiger partial charge in [0.25, 0.3) is 0 Å². The molecule has 4 nitrogen and oxygen atoms in total. The van der Waals surface area contributed by atoms with Crippen molar-refractivity contribution in [3.8, 4) is 5.88 Å². The van der Waals surface area contributed by atoms with Crippen molar-refractivity contribution in [2.75, 3.05) is 12.3 Å². The molecule has 0 aliphatic rings. The highest BCUT2D eigenvalue weighted by molar-refractivity contribution is 5.46. The molecule has 1 aromatic rings. The van der Waals surface area contributed by atoms with Gasteiger partial charge in [-0.2, -0.15) is 0 Å². The van der Waals surface area contributed by atoms with Crippen molar-refractivity contribution in [2.24, 2.45) is 0 Å². The van der Waals surface area contributed by atoms with E-state index in [1.165, 1.54) is 6.33 Å². The predicted molar refractivity (Wildman–Crippen MR) is 65.5 cm³/mol. The zero-order chi connectivity index (χ0) is 12.0. The van der Waals surface area contributed by atoms with E-state index >= 15 is 0 Å². The van der Waals surface area contributed by atoms with E-state index in [2.05, 4.69) is 16.5 Å². The van der Waals surface area contributed by atoms with Crippen LogP contribution in [0.1, 0.15) is 38.2 Å². The van der Waals surface area contributed by atoms with Gasteiger partial charge in [-0.3, -0.25) is 0 Å². The number of hydrogen-bond acceptors (Lipinski definition) is 4. The Balaban J connectivity index is 2.71. The molecule has 1 rings (SSSR count). The monoisotopic (exact) mass is 221 g/mol. The largest absolute Gasteiger partial charge is 0.477 e. The number of ether oxygens (including phenoxy) is 1. The summed E-state index contributed by atoms with van der Waals surface area (Å²) in [5.41, 5.74) is 6.70. The predicted octanol–water partition coefficient (Wildman–Crippen LogP) is 2.53. The Morgan fingerprint density at radius 1 is 1.50 bits per heavy atom. The standard InChI is InChI=1S/C12H19N3O/c1-4-5-6-7-16-12-10(9(2)3)11(13)14-8-15-12/h4,8-9H,1,5-7H2,2-3H3,(H2,13,14,15). The van der Waals surface area contributed by atoms with Gasteiger partial charge in [0, 0.05) is 0 Å². The molecule has 0 aromatic carbocycles. The number of hydrogen-bond donors (Lipinski definition) is 1. The first-order chi connectivity index (χ1) is 7.66. The molecule has 0 aliphatic heterocycles. The molecule has 0 bridgehead atoms. The first kappa shape index (κ1) is 12.5. The van der Waals surface area contributed by atoms with Crippen molar-refractivity contribution < 1.29 is 4.74 Å². The van der Waals surface area contributed by atoms with Crippen molar-refractivity contribution in [1.29, 1.82) is 0 Å². The summed E-state index contributed by atoms with van der Waals surface area (Å²) in [6, 6.07) is 0. The van der Waals surface area contributed by atoms with Crippen molar-refractivity contribution in [3.63, 3.8) is 0 Å². The van der Waals surface area contributed by atoms with Crippen LogP contribution in [0.3, 0.4) is 0 Å². The van der Waals surface area contributed by atoms with Crippen molar-refractivity contribution >= 4 is 5.82 Å². The van der Waals surface area contributed by atoms with Gasteiger partial charge < -0.3 is 10.5 Å². The van der Waals surface area contributed by atoms with Gasteiger partial charge in [0.15, 0.2) is 0 Å². The summed E-state index contributed by atoms with van der Waals surface area (Å²) in [5, 5.41) is 0. The molecule has 16 heavy (non-hydrogen) atoms. The molecule has 0 saturated heterocycles. The summed E-state index contributed by atoms with van der Waals surface area (Å²) in [5.74, 6) is 1.37. The van der Waals surface area contributed by atoms with Crippen LogP contribution in [0.15, 0.2) is 19.0 Å². The maximum Gasteiger partial charge on any atom is 0.222 e. The number of nitrogens with two attached hydrogens (primary N) is 1. The van der Waals surface area contributed by atoms with Crippen LogP contribution in [0.4, 0.5) is 5.82 Å². The second-order valence-corrected chi connectivity index (χ2v) is 3.91. The highest BCUT2D eigenvalue weighted by atomic mass is 16.5. The molecule has 1 aromatic heterocycles. The highest BCUT2D eigenvalue weighted by Gasteiger charge is 2.13. The Kier molecular flexibility index (Phi) is 4.76. The van der Waals surface area contributed by atoms with Crippen molar-refractivity contribution in [1.82, 2.24) is 9.97 Å². The molecule has 4 heteroatoms. The van der Waals surface area contributed by atoms with Gasteiger partial charge in [0.1, 0.15) is 12.1 Å². The minimum atomic E-state index is 0.260. The topological polar surface area (TPSA) is 61.0 Å². The number of unbranched alkanes of at least 4 members (excludes halogenated alkanes) is 1. The lowest BCUT2D eigenvalue weighted by atomic mass is 10.1. The molecule has 0 aliphatic carbocycles. The van der Waals surface area contributed by atoms with Crippen LogP contribution in [-0.2, 0) is 0 Å².